The zero-order valence-electron chi connectivity index (χ0n) is 21.0. The largest absolute Gasteiger partial charge is 0.117 e. The van der Waals surface area contributed by atoms with Gasteiger partial charge in [0.05, 0.1) is 0 Å². The highest BCUT2D eigenvalue weighted by atomic mass is 28.3. The fraction of sp³-hybridized carbons (Fsp3) is 0.667. The van der Waals surface area contributed by atoms with Gasteiger partial charge in [0, 0.05) is 0 Å². The molecule has 0 nitrogen and oxygen atoms in total. The fourth-order valence-corrected chi connectivity index (χ4v) is 6.45. The van der Waals surface area contributed by atoms with Crippen molar-refractivity contribution in [3.05, 3.63) is 53.9 Å². The Bertz CT molecular complexity index is 501. The van der Waals surface area contributed by atoms with Crippen LogP contribution in [-0.4, -0.2) is 8.80 Å². The number of hydrogen-bond donors (Lipinski definition) is 0. The molecule has 0 aromatic heterocycles. The first-order chi connectivity index (χ1) is 15.4. The third-order valence-electron chi connectivity index (χ3n) is 6.32. The lowest BCUT2D eigenvalue weighted by atomic mass is 10.1. The highest BCUT2D eigenvalue weighted by molar-refractivity contribution is 6.82. The smallest absolute Gasteiger partial charge is 0.0933 e. The third kappa shape index (κ3) is 17.2. The maximum Gasteiger partial charge on any atom is 0.117 e. The number of rotatable bonds is 21. The summed E-state index contributed by atoms with van der Waals surface area (Å²) in [6.45, 7) is 4.59. The quantitative estimate of drug-likeness (QED) is 0.132. The zero-order valence-corrected chi connectivity index (χ0v) is 22.2. The van der Waals surface area contributed by atoms with Crippen molar-refractivity contribution < 1.29 is 0 Å². The van der Waals surface area contributed by atoms with Crippen molar-refractivity contribution in [2.75, 3.05) is 0 Å². The van der Waals surface area contributed by atoms with E-state index in [-0.39, 0.29) is 0 Å². The second-order valence-electron chi connectivity index (χ2n) is 9.32. The summed E-state index contributed by atoms with van der Waals surface area (Å²) in [5, 5.41) is 1.56. The van der Waals surface area contributed by atoms with E-state index in [0.29, 0.717) is 0 Å². The SMILES string of the molecule is CCCCCCCCCC/C=C/[SiH](/C=C/CCCCCCCCCC)c1ccccc1. The van der Waals surface area contributed by atoms with Crippen molar-refractivity contribution in [1.29, 1.82) is 0 Å². The number of unbranched alkanes of at least 4 members (excludes halogenated alkanes) is 16. The summed E-state index contributed by atoms with van der Waals surface area (Å²) < 4.78 is 0. The Labute approximate surface area is 197 Å². The minimum atomic E-state index is -1.11. The molecule has 0 atom stereocenters. The van der Waals surface area contributed by atoms with Crippen LogP contribution in [0.4, 0.5) is 0 Å². The maximum atomic E-state index is 2.57. The molecular weight excluding hydrogens is 388 g/mol. The van der Waals surface area contributed by atoms with Crippen LogP contribution in [-0.2, 0) is 0 Å². The average Bonchev–Trinajstić information content (AvgIpc) is 2.80. The molecule has 0 saturated heterocycles. The highest BCUT2D eigenvalue weighted by Gasteiger charge is 2.05. The molecule has 1 rings (SSSR count). The lowest BCUT2D eigenvalue weighted by Gasteiger charge is -2.07. The molecule has 0 amide bonds. The molecule has 0 saturated carbocycles. The van der Waals surface area contributed by atoms with Crippen molar-refractivity contribution in [2.45, 2.75) is 129 Å². The van der Waals surface area contributed by atoms with Crippen LogP contribution in [0.25, 0.3) is 0 Å². The van der Waals surface area contributed by atoms with Gasteiger partial charge in [0.15, 0.2) is 0 Å². The van der Waals surface area contributed by atoms with Crippen molar-refractivity contribution in [3.8, 4) is 0 Å². The van der Waals surface area contributed by atoms with Gasteiger partial charge in [-0.25, -0.2) is 0 Å². The van der Waals surface area contributed by atoms with E-state index in [2.05, 4.69) is 67.7 Å². The predicted octanol–water partition coefficient (Wildman–Crippen LogP) is 9.37. The van der Waals surface area contributed by atoms with Crippen molar-refractivity contribution in [3.63, 3.8) is 0 Å². The molecule has 31 heavy (non-hydrogen) atoms. The summed E-state index contributed by atoms with van der Waals surface area (Å²) in [5.41, 5.74) is 5.14. The van der Waals surface area contributed by atoms with Gasteiger partial charge in [0.25, 0.3) is 0 Å². The van der Waals surface area contributed by atoms with E-state index in [4.69, 9.17) is 0 Å². The van der Waals surface area contributed by atoms with Crippen LogP contribution in [0.2, 0.25) is 0 Å². The minimum Gasteiger partial charge on any atom is -0.0933 e. The van der Waals surface area contributed by atoms with Gasteiger partial charge in [-0.05, 0) is 25.7 Å². The van der Waals surface area contributed by atoms with Gasteiger partial charge < -0.3 is 0 Å². The van der Waals surface area contributed by atoms with E-state index < -0.39 is 8.80 Å². The first-order valence-electron chi connectivity index (χ1n) is 13.8. The summed E-state index contributed by atoms with van der Waals surface area (Å²) >= 11 is 0. The zero-order chi connectivity index (χ0) is 22.2. The lowest BCUT2D eigenvalue weighted by Crippen LogP contribution is -2.25. The normalized spacial score (nSPS) is 12.0. The average molecular weight is 441 g/mol. The van der Waals surface area contributed by atoms with E-state index in [1.54, 1.807) is 5.19 Å². The van der Waals surface area contributed by atoms with Gasteiger partial charge in [0.2, 0.25) is 0 Å². The van der Waals surface area contributed by atoms with Crippen molar-refractivity contribution in [1.82, 2.24) is 0 Å². The Morgan fingerprint density at radius 1 is 0.516 bits per heavy atom. The van der Waals surface area contributed by atoms with Gasteiger partial charge in [0.1, 0.15) is 8.80 Å². The Hall–Kier alpha value is -1.08. The van der Waals surface area contributed by atoms with Crippen molar-refractivity contribution in [2.24, 2.45) is 0 Å². The summed E-state index contributed by atoms with van der Waals surface area (Å²) in [6.07, 6.45) is 30.1. The maximum absolute atomic E-state index is 2.57. The third-order valence-corrected chi connectivity index (χ3v) is 8.85. The molecule has 0 aliphatic heterocycles. The van der Waals surface area contributed by atoms with E-state index in [9.17, 15) is 0 Å². The van der Waals surface area contributed by atoms with E-state index in [1.807, 2.05) is 0 Å². The first kappa shape index (κ1) is 28.0. The minimum absolute atomic E-state index is 1.11. The number of allylic oxidation sites excluding steroid dienone is 2. The molecule has 0 heterocycles. The molecule has 176 valence electrons. The summed E-state index contributed by atoms with van der Waals surface area (Å²) in [4.78, 5) is 0. The lowest BCUT2D eigenvalue weighted by molar-refractivity contribution is 0.577. The van der Waals surface area contributed by atoms with Crippen LogP contribution in [0.15, 0.2) is 53.9 Å². The van der Waals surface area contributed by atoms with Gasteiger partial charge in [-0.3, -0.25) is 0 Å². The van der Waals surface area contributed by atoms with E-state index in [1.165, 1.54) is 116 Å². The molecule has 0 aliphatic rings. The summed E-state index contributed by atoms with van der Waals surface area (Å²) in [7, 11) is -1.11. The molecule has 0 bridgehead atoms. The molecule has 0 aliphatic carbocycles. The molecule has 0 spiro atoms. The standard InChI is InChI=1S/C30H52Si/c1-3-5-7-9-11-13-15-17-19-24-28-31(30-26-22-21-23-27-30)29-25-20-18-16-14-12-10-8-6-4-2/h21-29,31H,3-20H2,1-2H3/b28-24+,29-25+. The van der Waals surface area contributed by atoms with E-state index >= 15 is 0 Å². The first-order valence-corrected chi connectivity index (χ1v) is 15.7. The van der Waals surface area contributed by atoms with Crippen LogP contribution in [0.5, 0.6) is 0 Å². The molecule has 1 heteroatoms. The summed E-state index contributed by atoms with van der Waals surface area (Å²) in [5.74, 6) is 0. The van der Waals surface area contributed by atoms with Gasteiger partial charge in [-0.15, -0.1) is 0 Å². The van der Waals surface area contributed by atoms with Crippen LogP contribution in [0, 0.1) is 0 Å². The molecule has 0 fully saturated rings. The predicted molar refractivity (Wildman–Crippen MR) is 146 cm³/mol. The molecule has 0 radical (unpaired) electrons. The molecule has 1 aromatic rings. The second kappa shape index (κ2) is 22.1. The molecule has 1 aromatic carbocycles. The molecule has 0 N–H and O–H groups in total. The topological polar surface area (TPSA) is 0 Å². The van der Waals surface area contributed by atoms with Crippen LogP contribution < -0.4 is 5.19 Å². The Morgan fingerprint density at radius 2 is 0.903 bits per heavy atom. The number of benzene rings is 1. The molecular formula is C30H52Si. The Morgan fingerprint density at radius 3 is 1.32 bits per heavy atom. The monoisotopic (exact) mass is 440 g/mol. The Kier molecular flexibility index (Phi) is 19.9. The van der Waals surface area contributed by atoms with Crippen LogP contribution in [0.1, 0.15) is 129 Å². The number of hydrogen-bond acceptors (Lipinski definition) is 0. The highest BCUT2D eigenvalue weighted by Crippen LogP contribution is 2.11. The van der Waals surface area contributed by atoms with E-state index in [0.717, 1.165) is 0 Å². The molecule has 0 unspecified atom stereocenters. The Balaban J connectivity index is 2.24. The van der Waals surface area contributed by atoms with Gasteiger partial charge in [-0.2, -0.15) is 0 Å². The summed E-state index contributed by atoms with van der Waals surface area (Å²) in [6, 6.07) is 11.2. The van der Waals surface area contributed by atoms with Crippen molar-refractivity contribution >= 4 is 14.0 Å². The van der Waals surface area contributed by atoms with Gasteiger partial charge >= 0.3 is 0 Å². The van der Waals surface area contributed by atoms with Crippen LogP contribution in [0.3, 0.4) is 0 Å². The van der Waals surface area contributed by atoms with Crippen LogP contribution >= 0.6 is 0 Å². The fourth-order valence-electron chi connectivity index (χ4n) is 4.24. The van der Waals surface area contributed by atoms with Gasteiger partial charge in [-0.1, -0.05) is 163 Å². The second-order valence-corrected chi connectivity index (χ2v) is 11.8.